The third kappa shape index (κ3) is 6.12. The molecule has 0 aliphatic rings. The summed E-state index contributed by atoms with van der Waals surface area (Å²) in [5.74, 6) is -0.523. The number of amides is 1. The first kappa shape index (κ1) is 21.5. The van der Waals surface area contributed by atoms with Crippen molar-refractivity contribution in [2.45, 2.75) is 12.6 Å². The van der Waals surface area contributed by atoms with Crippen LogP contribution in [0.25, 0.3) is 0 Å². The van der Waals surface area contributed by atoms with E-state index in [2.05, 4.69) is 10.6 Å². The summed E-state index contributed by atoms with van der Waals surface area (Å²) in [7, 11) is 3.39. The van der Waals surface area contributed by atoms with Crippen LogP contribution in [0.3, 0.4) is 0 Å². The van der Waals surface area contributed by atoms with Crippen LogP contribution in [-0.2, 0) is 12.6 Å². The van der Waals surface area contributed by atoms with Crippen molar-refractivity contribution in [2.24, 2.45) is 5.73 Å². The maximum atomic E-state index is 13.1. The maximum absolute atomic E-state index is 13.1. The van der Waals surface area contributed by atoms with Gasteiger partial charge in [-0.05, 0) is 66.7 Å². The van der Waals surface area contributed by atoms with Crippen molar-refractivity contribution in [1.29, 1.82) is 0 Å². The first-order valence-corrected chi connectivity index (χ1v) is 8.80. The molecule has 2 aromatic carbocycles. The number of nitrogens with two attached hydrogens (primary N) is 1. The summed E-state index contributed by atoms with van der Waals surface area (Å²) in [6, 6.07) is 10.4. The Morgan fingerprint density at radius 2 is 1.79 bits per heavy atom. The van der Waals surface area contributed by atoms with Crippen molar-refractivity contribution in [3.05, 3.63) is 59.2 Å². The van der Waals surface area contributed by atoms with Gasteiger partial charge in [0.05, 0.1) is 5.56 Å². The number of nitrogens with zero attached hydrogens (tertiary/aromatic N) is 1. The van der Waals surface area contributed by atoms with E-state index < -0.39 is 17.6 Å². The van der Waals surface area contributed by atoms with Crippen LogP contribution in [0.2, 0.25) is 0 Å². The Bertz CT molecular complexity index is 851. The standard InChI is InChI=1S/C19H21F3N4OS/c1-26(2)16-10-12(9-14(11-16)19(20,21)22)7-8-24-18(28)25-15-5-3-13(4-6-15)17(23)27/h3-6,9-11H,7-8H2,1-2H3,(H2,23,27)(H2,24,25,28). The summed E-state index contributed by atoms with van der Waals surface area (Å²) < 4.78 is 39.3. The topological polar surface area (TPSA) is 70.4 Å². The molecule has 0 fully saturated rings. The summed E-state index contributed by atoms with van der Waals surface area (Å²) >= 11 is 5.19. The zero-order valence-corrected chi connectivity index (χ0v) is 16.2. The summed E-state index contributed by atoms with van der Waals surface area (Å²) in [6.45, 7) is 0.360. The van der Waals surface area contributed by atoms with Gasteiger partial charge < -0.3 is 21.3 Å². The highest BCUT2D eigenvalue weighted by Gasteiger charge is 2.31. The molecule has 0 unspecified atom stereocenters. The molecule has 0 radical (unpaired) electrons. The van der Waals surface area contributed by atoms with Crippen LogP contribution in [0.4, 0.5) is 24.5 Å². The number of thiocarbonyl (C=S) groups is 1. The molecular formula is C19H21F3N4OS. The summed E-state index contributed by atoms with van der Waals surface area (Å²) in [5, 5.41) is 6.22. The van der Waals surface area contributed by atoms with E-state index in [1.807, 2.05) is 0 Å². The van der Waals surface area contributed by atoms with Gasteiger partial charge in [0, 0.05) is 37.6 Å². The molecule has 0 aliphatic carbocycles. The lowest BCUT2D eigenvalue weighted by Crippen LogP contribution is -2.30. The number of hydrogen-bond donors (Lipinski definition) is 3. The van der Waals surface area contributed by atoms with E-state index in [-0.39, 0.29) is 0 Å². The minimum absolute atomic E-state index is 0.326. The lowest BCUT2D eigenvalue weighted by molar-refractivity contribution is -0.137. The Hall–Kier alpha value is -2.81. The zero-order valence-electron chi connectivity index (χ0n) is 15.4. The molecule has 150 valence electrons. The first-order valence-electron chi connectivity index (χ1n) is 8.39. The number of hydrogen-bond acceptors (Lipinski definition) is 3. The number of halogens is 3. The third-order valence-corrected chi connectivity index (χ3v) is 4.19. The van der Waals surface area contributed by atoms with E-state index >= 15 is 0 Å². The summed E-state index contributed by atoms with van der Waals surface area (Å²) in [4.78, 5) is 12.7. The first-order chi connectivity index (χ1) is 13.1. The Kier molecular flexibility index (Phi) is 6.85. The smallest absolute Gasteiger partial charge is 0.378 e. The van der Waals surface area contributed by atoms with Gasteiger partial charge in [0.1, 0.15) is 0 Å². The number of alkyl halides is 3. The minimum atomic E-state index is -4.40. The van der Waals surface area contributed by atoms with Gasteiger partial charge in [-0.1, -0.05) is 0 Å². The fourth-order valence-corrected chi connectivity index (χ4v) is 2.67. The molecule has 1 amide bonds. The largest absolute Gasteiger partial charge is 0.416 e. The molecule has 0 bridgehead atoms. The van der Waals surface area contributed by atoms with Crippen LogP contribution in [0, 0.1) is 0 Å². The number of rotatable bonds is 6. The van der Waals surface area contributed by atoms with Crippen molar-refractivity contribution in [1.82, 2.24) is 5.32 Å². The lowest BCUT2D eigenvalue weighted by atomic mass is 10.1. The van der Waals surface area contributed by atoms with Gasteiger partial charge in [0.2, 0.25) is 5.91 Å². The predicted octanol–water partition coefficient (Wildman–Crippen LogP) is 3.40. The molecule has 5 nitrogen and oxygen atoms in total. The van der Waals surface area contributed by atoms with Crippen LogP contribution in [0.5, 0.6) is 0 Å². The highest BCUT2D eigenvalue weighted by molar-refractivity contribution is 7.80. The average Bonchev–Trinajstić information content (AvgIpc) is 2.61. The molecule has 4 N–H and O–H groups in total. The van der Waals surface area contributed by atoms with E-state index in [4.69, 9.17) is 18.0 Å². The Labute approximate surface area is 166 Å². The van der Waals surface area contributed by atoms with Gasteiger partial charge in [-0.15, -0.1) is 0 Å². The predicted molar refractivity (Wildman–Crippen MR) is 109 cm³/mol. The van der Waals surface area contributed by atoms with E-state index in [9.17, 15) is 18.0 Å². The molecule has 9 heteroatoms. The quantitative estimate of drug-likeness (QED) is 0.637. The normalized spacial score (nSPS) is 11.0. The number of benzene rings is 2. The maximum Gasteiger partial charge on any atom is 0.416 e. The van der Waals surface area contributed by atoms with Gasteiger partial charge in [0.15, 0.2) is 5.11 Å². The van der Waals surface area contributed by atoms with Crippen molar-refractivity contribution in [2.75, 3.05) is 30.9 Å². The second-order valence-corrected chi connectivity index (χ2v) is 6.76. The second kappa shape index (κ2) is 8.92. The highest BCUT2D eigenvalue weighted by atomic mass is 32.1. The molecule has 0 atom stereocenters. The molecule has 0 saturated heterocycles. The monoisotopic (exact) mass is 410 g/mol. The van der Waals surface area contributed by atoms with Crippen LogP contribution in [0.1, 0.15) is 21.5 Å². The Morgan fingerprint density at radius 3 is 2.32 bits per heavy atom. The summed E-state index contributed by atoms with van der Waals surface area (Å²) in [6.07, 6.45) is -4.03. The molecule has 0 saturated carbocycles. The van der Waals surface area contributed by atoms with Crippen LogP contribution < -0.4 is 21.3 Å². The molecular weight excluding hydrogens is 389 g/mol. The van der Waals surface area contributed by atoms with Gasteiger partial charge in [0.25, 0.3) is 0 Å². The fraction of sp³-hybridized carbons (Fsp3) is 0.263. The van der Waals surface area contributed by atoms with Crippen LogP contribution >= 0.6 is 12.2 Å². The number of carbonyl (C=O) groups excluding carboxylic acids is 1. The molecule has 0 aliphatic heterocycles. The van der Waals surface area contributed by atoms with Gasteiger partial charge in [-0.3, -0.25) is 4.79 Å². The Balaban J connectivity index is 1.95. The SMILES string of the molecule is CN(C)c1cc(CCNC(=S)Nc2ccc(C(N)=O)cc2)cc(C(F)(F)F)c1. The van der Waals surface area contributed by atoms with E-state index in [0.717, 1.165) is 12.1 Å². The molecule has 0 aromatic heterocycles. The zero-order chi connectivity index (χ0) is 20.9. The van der Waals surface area contributed by atoms with Crippen LogP contribution in [0.15, 0.2) is 42.5 Å². The number of nitrogens with one attached hydrogen (secondary N) is 2. The van der Waals surface area contributed by atoms with E-state index in [1.165, 1.54) is 0 Å². The number of carbonyl (C=O) groups is 1. The average molecular weight is 410 g/mol. The van der Waals surface area contributed by atoms with Gasteiger partial charge >= 0.3 is 6.18 Å². The molecule has 2 aromatic rings. The van der Waals surface area contributed by atoms with Crippen LogP contribution in [-0.4, -0.2) is 31.7 Å². The molecule has 0 heterocycles. The van der Waals surface area contributed by atoms with Gasteiger partial charge in [-0.25, -0.2) is 0 Å². The van der Waals surface area contributed by atoms with E-state index in [0.29, 0.717) is 40.6 Å². The number of anilines is 2. The van der Waals surface area contributed by atoms with Crippen molar-refractivity contribution >= 4 is 34.6 Å². The third-order valence-electron chi connectivity index (χ3n) is 3.95. The minimum Gasteiger partial charge on any atom is -0.378 e. The van der Waals surface area contributed by atoms with Crippen molar-refractivity contribution in [3.8, 4) is 0 Å². The van der Waals surface area contributed by atoms with Gasteiger partial charge in [-0.2, -0.15) is 13.2 Å². The highest BCUT2D eigenvalue weighted by Crippen LogP contribution is 2.32. The fourth-order valence-electron chi connectivity index (χ4n) is 2.45. The molecule has 2 rings (SSSR count). The molecule has 28 heavy (non-hydrogen) atoms. The molecule has 0 spiro atoms. The summed E-state index contributed by atoms with van der Waals surface area (Å²) in [5.41, 5.74) is 6.59. The van der Waals surface area contributed by atoms with E-state index in [1.54, 1.807) is 49.3 Å². The lowest BCUT2D eigenvalue weighted by Gasteiger charge is -2.18. The number of primary amides is 1. The van der Waals surface area contributed by atoms with Crippen molar-refractivity contribution in [3.63, 3.8) is 0 Å². The second-order valence-electron chi connectivity index (χ2n) is 6.35. The Morgan fingerprint density at radius 1 is 1.14 bits per heavy atom. The van der Waals surface area contributed by atoms with Crippen molar-refractivity contribution < 1.29 is 18.0 Å².